The van der Waals surface area contributed by atoms with Crippen molar-refractivity contribution in [3.63, 3.8) is 0 Å². The smallest absolute Gasteiger partial charge is 0.339 e. The molecule has 0 heterocycles. The van der Waals surface area contributed by atoms with Crippen LogP contribution in [0.1, 0.15) is 31.8 Å². The second-order valence-electron chi connectivity index (χ2n) is 6.00. The summed E-state index contributed by atoms with van der Waals surface area (Å²) in [6.45, 7) is 0.459. The van der Waals surface area contributed by atoms with Crippen LogP contribution in [0.4, 0.5) is 0 Å². The third kappa shape index (κ3) is 4.67. The molecule has 0 aliphatic carbocycles. The SMILES string of the molecule is O=C(O)c1ccccc1OCc1ccc(COc2ccccc2C(=O)O)cc1. The number of hydrogen-bond donors (Lipinski definition) is 2. The van der Waals surface area contributed by atoms with Gasteiger partial charge in [-0.25, -0.2) is 9.59 Å². The van der Waals surface area contributed by atoms with Gasteiger partial charge in [0.1, 0.15) is 35.8 Å². The molecule has 0 amide bonds. The summed E-state index contributed by atoms with van der Waals surface area (Å²) in [7, 11) is 0. The molecule has 0 fully saturated rings. The first-order valence-corrected chi connectivity index (χ1v) is 8.52. The van der Waals surface area contributed by atoms with E-state index in [4.69, 9.17) is 9.47 Å². The Hall–Kier alpha value is -3.80. The average molecular weight is 378 g/mol. The number of carbonyl (C=O) groups is 2. The molecule has 0 spiro atoms. The Balaban J connectivity index is 1.60. The van der Waals surface area contributed by atoms with Crippen molar-refractivity contribution in [1.82, 2.24) is 0 Å². The van der Waals surface area contributed by atoms with Gasteiger partial charge < -0.3 is 19.7 Å². The van der Waals surface area contributed by atoms with Crippen molar-refractivity contribution >= 4 is 11.9 Å². The third-order valence-electron chi connectivity index (χ3n) is 4.05. The number of carboxylic acid groups (broad SMARTS) is 2. The van der Waals surface area contributed by atoms with Gasteiger partial charge >= 0.3 is 11.9 Å². The van der Waals surface area contributed by atoms with Crippen molar-refractivity contribution in [2.75, 3.05) is 0 Å². The minimum atomic E-state index is -1.04. The van der Waals surface area contributed by atoms with Crippen molar-refractivity contribution in [3.8, 4) is 11.5 Å². The highest BCUT2D eigenvalue weighted by Crippen LogP contribution is 2.21. The van der Waals surface area contributed by atoms with E-state index >= 15 is 0 Å². The summed E-state index contributed by atoms with van der Waals surface area (Å²) in [5.74, 6) is -1.45. The zero-order chi connectivity index (χ0) is 19.9. The second kappa shape index (κ2) is 8.73. The maximum atomic E-state index is 11.2. The highest BCUT2D eigenvalue weighted by atomic mass is 16.5. The topological polar surface area (TPSA) is 93.1 Å². The molecule has 6 heteroatoms. The Bertz CT molecular complexity index is 898. The van der Waals surface area contributed by atoms with E-state index in [9.17, 15) is 19.8 Å². The molecule has 0 aromatic heterocycles. The zero-order valence-electron chi connectivity index (χ0n) is 14.9. The van der Waals surface area contributed by atoms with Gasteiger partial charge in [0.15, 0.2) is 0 Å². The van der Waals surface area contributed by atoms with Crippen molar-refractivity contribution in [2.45, 2.75) is 13.2 Å². The van der Waals surface area contributed by atoms with Gasteiger partial charge in [0.25, 0.3) is 0 Å². The second-order valence-corrected chi connectivity index (χ2v) is 6.00. The molecule has 0 bridgehead atoms. The fourth-order valence-corrected chi connectivity index (χ4v) is 2.59. The van der Waals surface area contributed by atoms with Crippen LogP contribution in [-0.2, 0) is 13.2 Å². The largest absolute Gasteiger partial charge is 0.488 e. The molecule has 2 N–H and O–H groups in total. The quantitative estimate of drug-likeness (QED) is 0.609. The fraction of sp³-hybridized carbons (Fsp3) is 0.0909. The van der Waals surface area contributed by atoms with E-state index in [1.165, 1.54) is 12.1 Å². The Morgan fingerprint density at radius 2 is 0.964 bits per heavy atom. The minimum absolute atomic E-state index is 0.115. The van der Waals surface area contributed by atoms with Gasteiger partial charge in [-0.3, -0.25) is 0 Å². The van der Waals surface area contributed by atoms with E-state index < -0.39 is 11.9 Å². The Morgan fingerprint density at radius 3 is 1.32 bits per heavy atom. The standard InChI is InChI=1S/C22H18O6/c23-21(24)17-5-1-3-7-19(17)27-13-15-9-11-16(12-10-15)14-28-20-8-4-2-6-18(20)22(25)26/h1-12H,13-14H2,(H,23,24)(H,25,26). The third-order valence-corrected chi connectivity index (χ3v) is 4.05. The average Bonchev–Trinajstić information content (AvgIpc) is 2.71. The van der Waals surface area contributed by atoms with E-state index in [1.54, 1.807) is 36.4 Å². The molecule has 0 saturated carbocycles. The predicted octanol–water partition coefficient (Wildman–Crippen LogP) is 4.24. The molecule has 0 saturated heterocycles. The number of carboxylic acids is 2. The maximum absolute atomic E-state index is 11.2. The van der Waals surface area contributed by atoms with Crippen LogP contribution in [0.5, 0.6) is 11.5 Å². The maximum Gasteiger partial charge on any atom is 0.339 e. The summed E-state index contributed by atoms with van der Waals surface area (Å²) in [5, 5.41) is 18.4. The van der Waals surface area contributed by atoms with Crippen molar-refractivity contribution in [1.29, 1.82) is 0 Å². The van der Waals surface area contributed by atoms with Crippen LogP contribution >= 0.6 is 0 Å². The Morgan fingerprint density at radius 1 is 0.607 bits per heavy atom. The van der Waals surface area contributed by atoms with Gasteiger partial charge in [-0.2, -0.15) is 0 Å². The van der Waals surface area contributed by atoms with Gasteiger partial charge in [-0.15, -0.1) is 0 Å². The molecular formula is C22H18O6. The van der Waals surface area contributed by atoms with Crippen LogP contribution in [0.25, 0.3) is 0 Å². The first-order valence-electron chi connectivity index (χ1n) is 8.52. The number of para-hydroxylation sites is 2. The molecule has 6 nitrogen and oxygen atoms in total. The van der Waals surface area contributed by atoms with Crippen molar-refractivity contribution in [3.05, 3.63) is 95.1 Å². The first-order chi connectivity index (χ1) is 13.5. The summed E-state index contributed by atoms with van der Waals surface area (Å²) in [6.07, 6.45) is 0. The van der Waals surface area contributed by atoms with E-state index in [0.29, 0.717) is 11.5 Å². The summed E-state index contributed by atoms with van der Waals surface area (Å²) < 4.78 is 11.2. The fourth-order valence-electron chi connectivity index (χ4n) is 2.59. The number of benzene rings is 3. The van der Waals surface area contributed by atoms with E-state index in [2.05, 4.69) is 0 Å². The van der Waals surface area contributed by atoms with E-state index in [-0.39, 0.29) is 24.3 Å². The molecule has 3 aromatic carbocycles. The molecule has 0 aliphatic rings. The summed E-state index contributed by atoms with van der Waals surface area (Å²) in [6, 6.07) is 20.4. The Labute approximate surface area is 161 Å². The normalized spacial score (nSPS) is 10.3. The highest BCUT2D eigenvalue weighted by Gasteiger charge is 2.11. The summed E-state index contributed by atoms with van der Waals surface area (Å²) in [4.78, 5) is 22.4. The van der Waals surface area contributed by atoms with Crippen LogP contribution in [0.15, 0.2) is 72.8 Å². The zero-order valence-corrected chi connectivity index (χ0v) is 14.9. The van der Waals surface area contributed by atoms with E-state index in [1.807, 2.05) is 24.3 Å². The monoisotopic (exact) mass is 378 g/mol. The first kappa shape index (κ1) is 19.0. The Kier molecular flexibility index (Phi) is 5.91. The lowest BCUT2D eigenvalue weighted by Crippen LogP contribution is -2.04. The number of aromatic carboxylic acids is 2. The van der Waals surface area contributed by atoms with Crippen LogP contribution in [0, 0.1) is 0 Å². The molecule has 0 radical (unpaired) electrons. The van der Waals surface area contributed by atoms with Crippen LogP contribution in [0.2, 0.25) is 0 Å². The molecule has 3 aromatic rings. The van der Waals surface area contributed by atoms with Crippen molar-refractivity contribution < 1.29 is 29.3 Å². The van der Waals surface area contributed by atoms with Crippen LogP contribution < -0.4 is 9.47 Å². The lowest BCUT2D eigenvalue weighted by Gasteiger charge is -2.11. The lowest BCUT2D eigenvalue weighted by molar-refractivity contribution is 0.0680. The number of hydrogen-bond acceptors (Lipinski definition) is 4. The number of rotatable bonds is 8. The summed E-state index contributed by atoms with van der Waals surface area (Å²) >= 11 is 0. The molecule has 142 valence electrons. The number of ether oxygens (including phenoxy) is 2. The van der Waals surface area contributed by atoms with Crippen LogP contribution in [0.3, 0.4) is 0 Å². The van der Waals surface area contributed by atoms with Gasteiger partial charge in [-0.05, 0) is 35.4 Å². The minimum Gasteiger partial charge on any atom is -0.488 e. The van der Waals surface area contributed by atoms with Gasteiger partial charge in [0, 0.05) is 0 Å². The molecule has 0 atom stereocenters. The molecule has 28 heavy (non-hydrogen) atoms. The highest BCUT2D eigenvalue weighted by molar-refractivity contribution is 5.91. The molecule has 0 aliphatic heterocycles. The van der Waals surface area contributed by atoms with Gasteiger partial charge in [0.2, 0.25) is 0 Å². The van der Waals surface area contributed by atoms with Gasteiger partial charge in [0.05, 0.1) is 0 Å². The van der Waals surface area contributed by atoms with Gasteiger partial charge in [-0.1, -0.05) is 48.5 Å². The molecule has 0 unspecified atom stereocenters. The van der Waals surface area contributed by atoms with E-state index in [0.717, 1.165) is 11.1 Å². The van der Waals surface area contributed by atoms with Crippen LogP contribution in [-0.4, -0.2) is 22.2 Å². The molecular weight excluding hydrogens is 360 g/mol. The predicted molar refractivity (Wildman–Crippen MR) is 102 cm³/mol. The lowest BCUT2D eigenvalue weighted by atomic mass is 10.1. The van der Waals surface area contributed by atoms with Crippen molar-refractivity contribution in [2.24, 2.45) is 0 Å². The molecule has 3 rings (SSSR count). The summed E-state index contributed by atoms with van der Waals surface area (Å²) in [5.41, 5.74) is 1.97.